The molecule has 0 aliphatic rings. The van der Waals surface area contributed by atoms with Gasteiger partial charge in [-0.15, -0.1) is 0 Å². The van der Waals surface area contributed by atoms with E-state index in [0.717, 1.165) is 35.9 Å². The maximum atomic E-state index is 5.01. The van der Waals surface area contributed by atoms with Gasteiger partial charge in [0.1, 0.15) is 0 Å². The monoisotopic (exact) mass is 225 g/mol. The lowest BCUT2D eigenvalue weighted by molar-refractivity contribution is 0.200. The second-order valence-electron chi connectivity index (χ2n) is 3.60. The van der Waals surface area contributed by atoms with Crippen LogP contribution in [-0.4, -0.2) is 24.5 Å². The Kier molecular flexibility index (Phi) is 5.73. The van der Waals surface area contributed by atoms with Gasteiger partial charge in [0, 0.05) is 30.9 Å². The molecule has 0 aliphatic carbocycles. The Morgan fingerprint density at radius 3 is 2.80 bits per heavy atom. The average Bonchev–Trinajstić information content (AvgIpc) is 2.20. The number of nitrogens with zero attached hydrogens (tertiary/aromatic N) is 1. The van der Waals surface area contributed by atoms with Crippen molar-refractivity contribution in [2.24, 2.45) is 0 Å². The smallest absolute Gasteiger partial charge is 0.0470 e. The van der Waals surface area contributed by atoms with Gasteiger partial charge in [0.2, 0.25) is 0 Å². The molecule has 0 saturated carbocycles. The third-order valence-electron chi connectivity index (χ3n) is 2.23. The third-order valence-corrected chi connectivity index (χ3v) is 3.32. The van der Waals surface area contributed by atoms with E-state index in [2.05, 4.69) is 24.0 Å². The van der Waals surface area contributed by atoms with Crippen molar-refractivity contribution in [3.63, 3.8) is 0 Å². The fourth-order valence-corrected chi connectivity index (χ4v) is 2.35. The van der Waals surface area contributed by atoms with Crippen LogP contribution in [0.3, 0.4) is 0 Å². The molecule has 3 heteroatoms. The Labute approximate surface area is 96.4 Å². The summed E-state index contributed by atoms with van der Waals surface area (Å²) >= 11 is 1.95. The summed E-state index contributed by atoms with van der Waals surface area (Å²) in [5.41, 5.74) is 3.61. The Hall–Kier alpha value is -0.540. The molecule has 1 heterocycles. The molecule has 1 aromatic heterocycles. The fourth-order valence-electron chi connectivity index (χ4n) is 1.36. The molecule has 0 amide bonds. The van der Waals surface area contributed by atoms with Crippen molar-refractivity contribution >= 4 is 11.8 Å². The van der Waals surface area contributed by atoms with E-state index in [9.17, 15) is 0 Å². The van der Waals surface area contributed by atoms with Crippen molar-refractivity contribution < 1.29 is 4.74 Å². The van der Waals surface area contributed by atoms with Gasteiger partial charge in [0.15, 0.2) is 0 Å². The molecule has 1 rings (SSSR count). The van der Waals surface area contributed by atoms with E-state index in [1.807, 2.05) is 18.7 Å². The molecule has 0 bridgehead atoms. The molecule has 0 radical (unpaired) electrons. The van der Waals surface area contributed by atoms with E-state index in [-0.39, 0.29) is 0 Å². The van der Waals surface area contributed by atoms with Crippen LogP contribution < -0.4 is 0 Å². The van der Waals surface area contributed by atoms with Gasteiger partial charge in [-0.3, -0.25) is 4.98 Å². The molecule has 0 aliphatic heterocycles. The van der Waals surface area contributed by atoms with Gasteiger partial charge in [-0.25, -0.2) is 0 Å². The van der Waals surface area contributed by atoms with Crippen LogP contribution >= 0.6 is 11.8 Å². The maximum Gasteiger partial charge on any atom is 0.0470 e. The maximum absolute atomic E-state index is 5.01. The normalized spacial score (nSPS) is 10.6. The summed E-state index contributed by atoms with van der Waals surface area (Å²) in [6, 6.07) is 4.26. The third kappa shape index (κ3) is 4.67. The molecular weight excluding hydrogens is 206 g/mol. The standard InChI is InChI=1S/C12H19NOS/c1-10-5-6-12(11(2)13-10)9-15-8-4-7-14-3/h5-6H,4,7-9H2,1-3H3. The summed E-state index contributed by atoms with van der Waals surface area (Å²) in [7, 11) is 1.75. The van der Waals surface area contributed by atoms with Crippen LogP contribution in [0, 0.1) is 13.8 Å². The predicted octanol–water partition coefficient (Wildman–Crippen LogP) is 2.97. The van der Waals surface area contributed by atoms with Crippen LogP contribution in [0.5, 0.6) is 0 Å². The molecule has 0 atom stereocenters. The number of methoxy groups -OCH3 is 1. The number of aromatic nitrogens is 1. The summed E-state index contributed by atoms with van der Waals surface area (Å²) in [4.78, 5) is 4.45. The minimum atomic E-state index is 0.859. The number of hydrogen-bond acceptors (Lipinski definition) is 3. The molecule has 1 aromatic rings. The summed E-state index contributed by atoms with van der Waals surface area (Å²) in [5.74, 6) is 2.21. The lowest BCUT2D eigenvalue weighted by atomic mass is 10.2. The van der Waals surface area contributed by atoms with Crippen molar-refractivity contribution in [2.75, 3.05) is 19.5 Å². The summed E-state index contributed by atoms with van der Waals surface area (Å²) < 4.78 is 5.01. The first-order valence-electron chi connectivity index (χ1n) is 5.24. The van der Waals surface area contributed by atoms with Crippen molar-refractivity contribution in [3.05, 3.63) is 29.1 Å². The molecule has 15 heavy (non-hydrogen) atoms. The minimum absolute atomic E-state index is 0.859. The lowest BCUT2D eigenvalue weighted by Crippen LogP contribution is -1.95. The van der Waals surface area contributed by atoms with Crippen LogP contribution in [0.4, 0.5) is 0 Å². The molecule has 84 valence electrons. The van der Waals surface area contributed by atoms with E-state index in [0.29, 0.717) is 0 Å². The molecule has 0 N–H and O–H groups in total. The Morgan fingerprint density at radius 2 is 2.13 bits per heavy atom. The Bertz CT molecular complexity index is 302. The molecule has 0 saturated heterocycles. The first kappa shape index (κ1) is 12.5. The highest BCUT2D eigenvalue weighted by molar-refractivity contribution is 7.98. The zero-order valence-corrected chi connectivity index (χ0v) is 10.6. The molecule has 0 spiro atoms. The highest BCUT2D eigenvalue weighted by Gasteiger charge is 1.99. The van der Waals surface area contributed by atoms with Gasteiger partial charge in [0.05, 0.1) is 0 Å². The van der Waals surface area contributed by atoms with Crippen LogP contribution in [-0.2, 0) is 10.5 Å². The van der Waals surface area contributed by atoms with Crippen LogP contribution in [0.15, 0.2) is 12.1 Å². The zero-order valence-electron chi connectivity index (χ0n) is 9.75. The van der Waals surface area contributed by atoms with E-state index in [1.165, 1.54) is 5.56 Å². The highest BCUT2D eigenvalue weighted by atomic mass is 32.2. The number of hydrogen-bond donors (Lipinski definition) is 0. The van der Waals surface area contributed by atoms with E-state index < -0.39 is 0 Å². The van der Waals surface area contributed by atoms with Gasteiger partial charge in [-0.05, 0) is 37.7 Å². The molecule has 0 unspecified atom stereocenters. The van der Waals surface area contributed by atoms with E-state index in [1.54, 1.807) is 7.11 Å². The molecule has 0 fully saturated rings. The first-order valence-corrected chi connectivity index (χ1v) is 6.39. The van der Waals surface area contributed by atoms with E-state index in [4.69, 9.17) is 4.74 Å². The van der Waals surface area contributed by atoms with Gasteiger partial charge in [0.25, 0.3) is 0 Å². The lowest BCUT2D eigenvalue weighted by Gasteiger charge is -2.05. The largest absolute Gasteiger partial charge is 0.385 e. The second-order valence-corrected chi connectivity index (χ2v) is 4.70. The second kappa shape index (κ2) is 6.85. The number of thioether (sulfide) groups is 1. The zero-order chi connectivity index (χ0) is 11.1. The number of aryl methyl sites for hydroxylation is 2. The number of ether oxygens (including phenoxy) is 1. The Balaban J connectivity index is 2.31. The topological polar surface area (TPSA) is 22.1 Å². The molecule has 2 nitrogen and oxygen atoms in total. The van der Waals surface area contributed by atoms with Crippen molar-refractivity contribution in [1.29, 1.82) is 0 Å². The van der Waals surface area contributed by atoms with Gasteiger partial charge in [-0.2, -0.15) is 11.8 Å². The van der Waals surface area contributed by atoms with Gasteiger partial charge in [-0.1, -0.05) is 6.07 Å². The summed E-state index contributed by atoms with van der Waals surface area (Å²) in [6.45, 7) is 4.97. The van der Waals surface area contributed by atoms with Crippen molar-refractivity contribution in [2.45, 2.75) is 26.0 Å². The summed E-state index contributed by atoms with van der Waals surface area (Å²) in [6.07, 6.45) is 1.12. The van der Waals surface area contributed by atoms with Crippen molar-refractivity contribution in [3.8, 4) is 0 Å². The SMILES string of the molecule is COCCCSCc1ccc(C)nc1C. The average molecular weight is 225 g/mol. The summed E-state index contributed by atoms with van der Waals surface area (Å²) in [5, 5.41) is 0. The predicted molar refractivity (Wildman–Crippen MR) is 66.4 cm³/mol. The van der Waals surface area contributed by atoms with Crippen LogP contribution in [0.25, 0.3) is 0 Å². The van der Waals surface area contributed by atoms with Gasteiger partial charge >= 0.3 is 0 Å². The first-order chi connectivity index (χ1) is 7.24. The van der Waals surface area contributed by atoms with Gasteiger partial charge < -0.3 is 4.74 Å². The number of rotatable bonds is 6. The van der Waals surface area contributed by atoms with Crippen LogP contribution in [0.2, 0.25) is 0 Å². The quantitative estimate of drug-likeness (QED) is 0.695. The fraction of sp³-hybridized carbons (Fsp3) is 0.583. The highest BCUT2D eigenvalue weighted by Crippen LogP contribution is 2.15. The van der Waals surface area contributed by atoms with Crippen LogP contribution in [0.1, 0.15) is 23.4 Å². The number of pyridine rings is 1. The van der Waals surface area contributed by atoms with Crippen molar-refractivity contribution in [1.82, 2.24) is 4.98 Å². The van der Waals surface area contributed by atoms with E-state index >= 15 is 0 Å². The minimum Gasteiger partial charge on any atom is -0.385 e. The Morgan fingerprint density at radius 1 is 1.33 bits per heavy atom. The molecule has 0 aromatic carbocycles. The molecular formula is C12H19NOS.